The molecule has 1 aromatic carbocycles. The Hall–Kier alpha value is -2.41. The van der Waals surface area contributed by atoms with Crippen LogP contribution in [0.15, 0.2) is 24.3 Å². The largest absolute Gasteiger partial charge is 0.464 e. The number of piperidine rings is 2. The molecule has 7 nitrogen and oxygen atoms in total. The number of nitrogens with one attached hydrogen (secondary N) is 1. The quantitative estimate of drug-likeness (QED) is 0.544. The van der Waals surface area contributed by atoms with Gasteiger partial charge in [0, 0.05) is 19.2 Å². The van der Waals surface area contributed by atoms with E-state index in [4.69, 9.17) is 4.74 Å². The summed E-state index contributed by atoms with van der Waals surface area (Å²) in [6, 6.07) is 8.01. The van der Waals surface area contributed by atoms with Crippen LogP contribution in [-0.2, 0) is 19.1 Å². The number of rotatable bonds is 7. The van der Waals surface area contributed by atoms with E-state index in [-0.39, 0.29) is 23.8 Å². The molecule has 0 radical (unpaired) electrons. The fourth-order valence-electron chi connectivity index (χ4n) is 4.14. The van der Waals surface area contributed by atoms with E-state index in [9.17, 15) is 14.4 Å². The highest BCUT2D eigenvalue weighted by Crippen LogP contribution is 2.31. The molecule has 1 aromatic rings. The van der Waals surface area contributed by atoms with Crippen molar-refractivity contribution in [1.29, 1.82) is 0 Å². The first kappa shape index (κ1) is 22.3. The molecule has 2 aliphatic heterocycles. The molecule has 2 heterocycles. The SMILES string of the molecule is CC(C)COC(=O)CN1CCC(c2cccc(N(C)[C@H]3CCC(=O)NC3=O)c2)CC1. The maximum absolute atomic E-state index is 12.2. The zero-order valence-electron chi connectivity index (χ0n) is 18.2. The first-order valence-corrected chi connectivity index (χ1v) is 10.9. The minimum Gasteiger partial charge on any atom is -0.464 e. The summed E-state index contributed by atoms with van der Waals surface area (Å²) in [4.78, 5) is 39.7. The number of esters is 1. The molecule has 2 aliphatic rings. The lowest BCUT2D eigenvalue weighted by molar-refractivity contribution is -0.146. The molecule has 0 unspecified atom stereocenters. The third kappa shape index (κ3) is 5.81. The number of imide groups is 1. The molecular weight excluding hydrogens is 382 g/mol. The molecule has 2 saturated heterocycles. The number of nitrogens with zero attached hydrogens (tertiary/aromatic N) is 2. The molecule has 0 saturated carbocycles. The highest BCUT2D eigenvalue weighted by molar-refractivity contribution is 6.01. The van der Waals surface area contributed by atoms with E-state index in [1.807, 2.05) is 37.9 Å². The lowest BCUT2D eigenvalue weighted by atomic mass is 9.89. The highest BCUT2D eigenvalue weighted by atomic mass is 16.5. The van der Waals surface area contributed by atoms with Crippen molar-refractivity contribution in [2.24, 2.45) is 5.92 Å². The maximum atomic E-state index is 12.2. The lowest BCUT2D eigenvalue weighted by Crippen LogP contribution is -2.51. The third-order valence-electron chi connectivity index (χ3n) is 5.94. The summed E-state index contributed by atoms with van der Waals surface area (Å²) in [7, 11) is 1.91. The zero-order valence-corrected chi connectivity index (χ0v) is 18.2. The van der Waals surface area contributed by atoms with Gasteiger partial charge >= 0.3 is 5.97 Å². The van der Waals surface area contributed by atoms with E-state index in [2.05, 4.69) is 22.3 Å². The monoisotopic (exact) mass is 415 g/mol. The van der Waals surface area contributed by atoms with E-state index in [1.165, 1.54) is 5.56 Å². The number of hydrogen-bond donors (Lipinski definition) is 1. The van der Waals surface area contributed by atoms with Gasteiger partial charge in [-0.05, 0) is 61.9 Å². The molecule has 1 atom stereocenters. The Morgan fingerprint density at radius 2 is 1.97 bits per heavy atom. The van der Waals surface area contributed by atoms with Gasteiger partial charge in [0.15, 0.2) is 0 Å². The summed E-state index contributed by atoms with van der Waals surface area (Å²) >= 11 is 0. The van der Waals surface area contributed by atoms with Gasteiger partial charge in [-0.1, -0.05) is 26.0 Å². The standard InChI is InChI=1S/C23H33N3O4/c1-16(2)15-30-22(28)14-26-11-9-17(10-12-26)18-5-4-6-19(13-18)25(3)20-7-8-21(27)24-23(20)29/h4-6,13,16-17,20H,7-12,14-15H2,1-3H3,(H,24,27,29)/t20-/m0/s1. The van der Waals surface area contributed by atoms with Crippen molar-refractivity contribution in [2.75, 3.05) is 38.2 Å². The van der Waals surface area contributed by atoms with Gasteiger partial charge in [-0.25, -0.2) is 0 Å². The first-order chi connectivity index (χ1) is 14.3. The molecule has 1 N–H and O–H groups in total. The van der Waals surface area contributed by atoms with Crippen LogP contribution in [0.1, 0.15) is 51.0 Å². The van der Waals surface area contributed by atoms with Gasteiger partial charge in [-0.3, -0.25) is 24.6 Å². The van der Waals surface area contributed by atoms with Crippen LogP contribution in [0.3, 0.4) is 0 Å². The normalized spacial score (nSPS) is 20.9. The van der Waals surface area contributed by atoms with Crippen molar-refractivity contribution in [3.8, 4) is 0 Å². The summed E-state index contributed by atoms with van der Waals surface area (Å²) in [6.07, 6.45) is 2.89. The Morgan fingerprint density at radius 3 is 2.63 bits per heavy atom. The van der Waals surface area contributed by atoms with Crippen LogP contribution in [0.4, 0.5) is 5.69 Å². The van der Waals surface area contributed by atoms with Crippen LogP contribution in [0, 0.1) is 5.92 Å². The number of carbonyl (C=O) groups excluding carboxylic acids is 3. The molecule has 0 spiro atoms. The summed E-state index contributed by atoms with van der Waals surface area (Å²) in [6.45, 7) is 6.64. The van der Waals surface area contributed by atoms with E-state index in [1.54, 1.807) is 0 Å². The lowest BCUT2D eigenvalue weighted by Gasteiger charge is -2.33. The van der Waals surface area contributed by atoms with Gasteiger partial charge in [0.2, 0.25) is 11.8 Å². The number of benzene rings is 1. The van der Waals surface area contributed by atoms with Crippen LogP contribution in [0.25, 0.3) is 0 Å². The number of carbonyl (C=O) groups is 3. The molecule has 2 amide bonds. The maximum Gasteiger partial charge on any atom is 0.320 e. The number of hydrogen-bond acceptors (Lipinski definition) is 6. The Balaban J connectivity index is 1.55. The van der Waals surface area contributed by atoms with E-state index < -0.39 is 0 Å². The van der Waals surface area contributed by atoms with Crippen LogP contribution in [0.2, 0.25) is 0 Å². The second-order valence-electron chi connectivity index (χ2n) is 8.80. The van der Waals surface area contributed by atoms with Gasteiger partial charge in [-0.2, -0.15) is 0 Å². The van der Waals surface area contributed by atoms with Crippen LogP contribution < -0.4 is 10.2 Å². The highest BCUT2D eigenvalue weighted by Gasteiger charge is 2.30. The molecule has 2 fully saturated rings. The Labute approximate surface area is 178 Å². The first-order valence-electron chi connectivity index (χ1n) is 10.9. The van der Waals surface area contributed by atoms with Crippen LogP contribution >= 0.6 is 0 Å². The molecule has 164 valence electrons. The molecule has 0 aliphatic carbocycles. The average Bonchev–Trinajstić information content (AvgIpc) is 2.72. The predicted octanol–water partition coefficient (Wildman–Crippen LogP) is 2.31. The van der Waals surface area contributed by atoms with E-state index in [0.717, 1.165) is 31.6 Å². The van der Waals surface area contributed by atoms with E-state index >= 15 is 0 Å². The van der Waals surface area contributed by atoms with Crippen molar-refractivity contribution in [3.05, 3.63) is 29.8 Å². The summed E-state index contributed by atoms with van der Waals surface area (Å²) in [5, 5.41) is 2.43. The predicted molar refractivity (Wildman–Crippen MR) is 115 cm³/mol. The summed E-state index contributed by atoms with van der Waals surface area (Å²) in [5.41, 5.74) is 2.25. The number of amides is 2. The van der Waals surface area contributed by atoms with Crippen molar-refractivity contribution >= 4 is 23.5 Å². The molecule has 30 heavy (non-hydrogen) atoms. The molecule has 3 rings (SSSR count). The molecular formula is C23H33N3O4. The molecule has 0 bridgehead atoms. The smallest absolute Gasteiger partial charge is 0.320 e. The topological polar surface area (TPSA) is 79.0 Å². The average molecular weight is 416 g/mol. The molecule has 0 aromatic heterocycles. The van der Waals surface area contributed by atoms with Gasteiger partial charge in [0.1, 0.15) is 6.04 Å². The minimum atomic E-state index is -0.323. The number of likely N-dealkylation sites (tertiary alicyclic amines) is 1. The fourth-order valence-corrected chi connectivity index (χ4v) is 4.14. The van der Waals surface area contributed by atoms with Crippen molar-refractivity contribution in [1.82, 2.24) is 10.2 Å². The van der Waals surface area contributed by atoms with Gasteiger partial charge < -0.3 is 9.64 Å². The minimum absolute atomic E-state index is 0.144. The van der Waals surface area contributed by atoms with Crippen LogP contribution in [-0.4, -0.2) is 62.0 Å². The summed E-state index contributed by atoms with van der Waals surface area (Å²) < 4.78 is 5.29. The number of likely N-dealkylation sites (N-methyl/N-ethyl adjacent to an activating group) is 1. The Kier molecular flexibility index (Phi) is 7.48. The van der Waals surface area contributed by atoms with Gasteiger partial charge in [0.05, 0.1) is 13.2 Å². The van der Waals surface area contributed by atoms with Crippen molar-refractivity contribution in [2.45, 2.75) is 51.5 Å². The number of anilines is 1. The second kappa shape index (κ2) is 10.1. The van der Waals surface area contributed by atoms with Crippen LogP contribution in [0.5, 0.6) is 0 Å². The molecule has 7 heteroatoms. The Morgan fingerprint density at radius 1 is 1.23 bits per heavy atom. The third-order valence-corrected chi connectivity index (χ3v) is 5.94. The summed E-state index contributed by atoms with van der Waals surface area (Å²) in [5.74, 6) is 0.221. The zero-order chi connectivity index (χ0) is 21.7. The van der Waals surface area contributed by atoms with Gasteiger partial charge in [0.25, 0.3) is 0 Å². The van der Waals surface area contributed by atoms with E-state index in [0.29, 0.717) is 37.8 Å². The van der Waals surface area contributed by atoms with Gasteiger partial charge in [-0.15, -0.1) is 0 Å². The fraction of sp³-hybridized carbons (Fsp3) is 0.609. The Bertz CT molecular complexity index is 771. The second-order valence-corrected chi connectivity index (χ2v) is 8.80. The van der Waals surface area contributed by atoms with Crippen molar-refractivity contribution < 1.29 is 19.1 Å². The number of ether oxygens (including phenoxy) is 1. The van der Waals surface area contributed by atoms with Crippen molar-refractivity contribution in [3.63, 3.8) is 0 Å².